The molecule has 1 amide bonds. The molecule has 1 aliphatic heterocycles. The Kier molecular flexibility index (Phi) is 17.5. The molecule has 4 aromatic rings. The summed E-state index contributed by atoms with van der Waals surface area (Å²) in [6.07, 6.45) is 10.5. The van der Waals surface area contributed by atoms with Crippen molar-refractivity contribution in [3.63, 3.8) is 0 Å². The number of amides is 1. The first kappa shape index (κ1) is 40.5. The second-order valence-corrected chi connectivity index (χ2v) is 14.7. The molecule has 1 aliphatic carbocycles. The molecule has 1 radical (unpaired) electrons. The molecule has 1 aromatic carbocycles. The summed E-state index contributed by atoms with van der Waals surface area (Å²) < 4.78 is 13.7. The Balaban J connectivity index is 0.000000343. The molecule has 2 unspecified atom stereocenters. The minimum Gasteiger partial charge on any atom is -0.699 e. The average Bonchev–Trinajstić information content (AvgIpc) is 3.83. The van der Waals surface area contributed by atoms with E-state index in [0.29, 0.717) is 17.5 Å². The van der Waals surface area contributed by atoms with Gasteiger partial charge in [0.25, 0.3) is 0 Å². The number of halogens is 1. The van der Waals surface area contributed by atoms with Gasteiger partial charge in [0, 0.05) is 70.8 Å². The molecule has 8 nitrogen and oxygen atoms in total. The molecule has 6 rings (SSSR count). The van der Waals surface area contributed by atoms with Gasteiger partial charge >= 0.3 is 0 Å². The predicted octanol–water partition coefficient (Wildman–Crippen LogP) is 8.45. The number of fused-ring (bicyclic) bond motifs is 1. The van der Waals surface area contributed by atoms with Crippen molar-refractivity contribution in [3.8, 4) is 10.6 Å². The number of carbonyl (C=O) groups is 1. The van der Waals surface area contributed by atoms with Crippen molar-refractivity contribution in [2.75, 3.05) is 32.5 Å². The van der Waals surface area contributed by atoms with Crippen LogP contribution in [0.1, 0.15) is 68.6 Å². The van der Waals surface area contributed by atoms with Gasteiger partial charge in [-0.2, -0.15) is 0 Å². The van der Waals surface area contributed by atoms with Crippen molar-refractivity contribution in [3.05, 3.63) is 83.1 Å². The number of nitrogens with one attached hydrogen (secondary N) is 3. The molecule has 0 spiro atoms. The van der Waals surface area contributed by atoms with Gasteiger partial charge in [-0.1, -0.05) is 32.0 Å². The van der Waals surface area contributed by atoms with Crippen molar-refractivity contribution in [2.24, 2.45) is 5.92 Å². The SMILES string of the molecule is CCC(C)c1ccnc2cc(-c3ccc(CN4CCC[C@H](C(=O)NCCPC)C4)cn3)sc12.Cc1ccc([NH-])cc1F.ONC1CC1.[Y]. The number of benzene rings is 1. The first-order valence-corrected chi connectivity index (χ1v) is 19.1. The summed E-state index contributed by atoms with van der Waals surface area (Å²) in [6.45, 7) is 11.9. The summed E-state index contributed by atoms with van der Waals surface area (Å²) in [5, 5.41) is 11.1. The standard InChI is InChI=1S/C26H35N4OPS.C7H7FN.C3H7NO.Y/c1-4-18(2)21-9-10-27-23-14-24(33-25(21)23)22-8-7-19(15-29-22)16-30-12-5-6-20(17-30)26(31)28-11-13-32-3;1-5-2-3-6(9)4-7(5)8;5-4-3-1-2-3;/h7-10,14-15,18,20,32H,4-6,11-13,16-17H2,1-3H3,(H,28,31);2-4,9H,1H3;3-5H,1-2H2;/q;-1;;/t18?,20-;;;/m0.../s1. The number of carbonyl (C=O) groups excluding carboxylic acids is 1. The van der Waals surface area contributed by atoms with E-state index in [1.54, 1.807) is 30.4 Å². The van der Waals surface area contributed by atoms with Crippen LogP contribution in [0.25, 0.3) is 26.5 Å². The van der Waals surface area contributed by atoms with Gasteiger partial charge in [-0.3, -0.25) is 19.7 Å². The van der Waals surface area contributed by atoms with Gasteiger partial charge in [0.05, 0.1) is 26.7 Å². The number of pyridine rings is 2. The summed E-state index contributed by atoms with van der Waals surface area (Å²) >= 11 is 1.79. The summed E-state index contributed by atoms with van der Waals surface area (Å²) in [6, 6.07) is 13.4. The quantitative estimate of drug-likeness (QED) is 0.0848. The van der Waals surface area contributed by atoms with Crippen LogP contribution in [-0.4, -0.2) is 64.5 Å². The minimum atomic E-state index is -0.303. The Hall–Kier alpha value is -1.91. The molecule has 2 fully saturated rings. The summed E-state index contributed by atoms with van der Waals surface area (Å²) in [7, 11) is 0.891. The number of aryl methyl sites for hydroxylation is 1. The van der Waals surface area contributed by atoms with E-state index in [-0.39, 0.29) is 56.0 Å². The first-order valence-electron chi connectivity index (χ1n) is 16.6. The van der Waals surface area contributed by atoms with E-state index in [4.69, 9.17) is 15.9 Å². The number of rotatable bonds is 10. The van der Waals surface area contributed by atoms with E-state index in [2.05, 4.69) is 65.5 Å². The van der Waals surface area contributed by atoms with E-state index in [1.807, 2.05) is 12.4 Å². The second-order valence-electron chi connectivity index (χ2n) is 12.4. The van der Waals surface area contributed by atoms with Gasteiger partial charge < -0.3 is 16.3 Å². The molecule has 12 heteroatoms. The summed E-state index contributed by atoms with van der Waals surface area (Å²) in [5.41, 5.74) is 14.6. The Morgan fingerprint density at radius 3 is 2.58 bits per heavy atom. The monoisotopic (exact) mass is 768 g/mol. The second kappa shape index (κ2) is 20.7. The topological polar surface area (TPSA) is 114 Å². The zero-order chi connectivity index (χ0) is 33.8. The van der Waals surface area contributed by atoms with Crippen LogP contribution in [-0.2, 0) is 44.0 Å². The van der Waals surface area contributed by atoms with Crippen molar-refractivity contribution in [1.82, 2.24) is 25.7 Å². The van der Waals surface area contributed by atoms with E-state index in [0.717, 1.165) is 84.2 Å². The van der Waals surface area contributed by atoms with Crippen LogP contribution in [0.2, 0.25) is 0 Å². The Morgan fingerprint density at radius 1 is 1.19 bits per heavy atom. The van der Waals surface area contributed by atoms with Crippen LogP contribution in [0, 0.1) is 18.7 Å². The maximum atomic E-state index is 12.5. The molecule has 4 heterocycles. The van der Waals surface area contributed by atoms with Crippen LogP contribution >= 0.6 is 19.9 Å². The molecule has 4 N–H and O–H groups in total. The zero-order valence-electron chi connectivity index (χ0n) is 28.6. The van der Waals surface area contributed by atoms with Gasteiger partial charge in [0.1, 0.15) is 5.82 Å². The van der Waals surface area contributed by atoms with Gasteiger partial charge in [0.15, 0.2) is 0 Å². The number of thiophene rings is 1. The van der Waals surface area contributed by atoms with E-state index in [9.17, 15) is 9.18 Å². The van der Waals surface area contributed by atoms with Crippen LogP contribution < -0.4 is 10.8 Å². The molecule has 2 aliphatic rings. The fourth-order valence-electron chi connectivity index (χ4n) is 5.29. The van der Waals surface area contributed by atoms with Crippen molar-refractivity contribution in [1.29, 1.82) is 0 Å². The van der Waals surface area contributed by atoms with Crippen LogP contribution in [0.5, 0.6) is 0 Å². The number of likely N-dealkylation sites (tertiary alicyclic amines) is 1. The van der Waals surface area contributed by atoms with Crippen molar-refractivity contribution >= 4 is 41.7 Å². The molecule has 48 heavy (non-hydrogen) atoms. The number of nitrogens with zero attached hydrogens (tertiary/aromatic N) is 3. The maximum Gasteiger partial charge on any atom is 0.224 e. The number of piperidine rings is 1. The van der Waals surface area contributed by atoms with E-state index < -0.39 is 0 Å². The van der Waals surface area contributed by atoms with Crippen LogP contribution in [0.3, 0.4) is 0 Å². The van der Waals surface area contributed by atoms with Gasteiger partial charge in [0.2, 0.25) is 5.91 Å². The fraction of sp³-hybridized carbons (Fsp3) is 0.472. The normalized spacial score (nSPS) is 16.8. The van der Waals surface area contributed by atoms with Gasteiger partial charge in [-0.05, 0) is 105 Å². The molecule has 3 atom stereocenters. The smallest absolute Gasteiger partial charge is 0.224 e. The Bertz CT molecular complexity index is 1570. The third-order valence-electron chi connectivity index (χ3n) is 8.55. The third kappa shape index (κ3) is 12.5. The molecule has 257 valence electrons. The fourth-order valence-corrected chi connectivity index (χ4v) is 6.88. The largest absolute Gasteiger partial charge is 0.699 e. The number of hydrogen-bond donors (Lipinski definition) is 3. The first-order chi connectivity index (χ1) is 22.7. The predicted molar refractivity (Wildman–Crippen MR) is 195 cm³/mol. The number of hydrogen-bond acceptors (Lipinski definition) is 7. The minimum absolute atomic E-state index is 0. The maximum absolute atomic E-state index is 12.5. The molecular weight excluding hydrogens is 719 g/mol. The van der Waals surface area contributed by atoms with Gasteiger partial charge in [-0.15, -0.1) is 25.6 Å². The average molecular weight is 769 g/mol. The molecule has 1 saturated heterocycles. The summed E-state index contributed by atoms with van der Waals surface area (Å²) in [5.74, 6) is 0.556. The van der Waals surface area contributed by atoms with Crippen LogP contribution in [0.4, 0.5) is 10.1 Å². The van der Waals surface area contributed by atoms with E-state index in [1.165, 1.54) is 26.8 Å². The molecular formula is C36H49FN6O2PSY-. The summed E-state index contributed by atoms with van der Waals surface area (Å²) in [4.78, 5) is 25.4. The third-order valence-corrected chi connectivity index (χ3v) is 10.5. The Labute approximate surface area is 315 Å². The number of hydroxylamine groups is 1. The Morgan fingerprint density at radius 2 is 1.98 bits per heavy atom. The van der Waals surface area contributed by atoms with Crippen LogP contribution in [0.15, 0.2) is 54.9 Å². The zero-order valence-corrected chi connectivity index (χ0v) is 33.2. The van der Waals surface area contributed by atoms with E-state index >= 15 is 0 Å². The molecule has 0 bridgehead atoms. The molecule has 3 aromatic heterocycles. The molecule has 1 saturated carbocycles. The van der Waals surface area contributed by atoms with Gasteiger partial charge in [-0.25, -0.2) is 9.87 Å². The van der Waals surface area contributed by atoms with Crippen molar-refractivity contribution < 1.29 is 47.1 Å². The van der Waals surface area contributed by atoms with Crippen molar-refractivity contribution in [2.45, 2.75) is 71.4 Å². The number of aromatic nitrogens is 2.